The van der Waals surface area contributed by atoms with Gasteiger partial charge in [-0.2, -0.15) is 13.2 Å². The molecule has 0 aliphatic carbocycles. The van der Waals surface area contributed by atoms with Crippen LogP contribution in [-0.4, -0.2) is 29.3 Å². The molecule has 10 heteroatoms. The molecule has 0 saturated carbocycles. The smallest absolute Gasteiger partial charge is 0.355 e. The number of carbonyl (C=O) groups is 1. The van der Waals surface area contributed by atoms with Crippen LogP contribution in [0.1, 0.15) is 31.2 Å². The largest absolute Gasteiger partial charge is 0.419 e. The van der Waals surface area contributed by atoms with Gasteiger partial charge in [-0.15, -0.1) is 10.2 Å². The quantitative estimate of drug-likeness (QED) is 0.435. The van der Waals surface area contributed by atoms with Crippen molar-refractivity contribution in [2.24, 2.45) is 0 Å². The number of nitrogens with one attached hydrogen (secondary N) is 2. The van der Waals surface area contributed by atoms with Gasteiger partial charge in [-0.3, -0.25) is 0 Å². The number of amides is 2. The normalized spacial score (nSPS) is 14.4. The zero-order valence-corrected chi connectivity index (χ0v) is 18.2. The zero-order valence-electron chi connectivity index (χ0n) is 18.2. The van der Waals surface area contributed by atoms with Crippen molar-refractivity contribution in [2.75, 3.05) is 28.6 Å². The summed E-state index contributed by atoms with van der Waals surface area (Å²) in [6, 6.07) is 12.2. The second-order valence-electron chi connectivity index (χ2n) is 8.03. The highest BCUT2D eigenvalue weighted by Gasteiger charge is 2.34. The van der Waals surface area contributed by atoms with Crippen molar-refractivity contribution in [2.45, 2.75) is 31.9 Å². The summed E-state index contributed by atoms with van der Waals surface area (Å²) in [4.78, 5) is 14.4. The van der Waals surface area contributed by atoms with Gasteiger partial charge in [0.25, 0.3) is 0 Å². The van der Waals surface area contributed by atoms with E-state index in [4.69, 9.17) is 0 Å². The topological polar surface area (TPSA) is 70.2 Å². The number of urea groups is 1. The van der Waals surface area contributed by atoms with Gasteiger partial charge in [-0.25, -0.2) is 9.18 Å². The summed E-state index contributed by atoms with van der Waals surface area (Å²) >= 11 is 0. The lowest BCUT2D eigenvalue weighted by molar-refractivity contribution is -0.139. The number of hydrogen-bond donors (Lipinski definition) is 2. The van der Waals surface area contributed by atoms with E-state index in [1.165, 1.54) is 12.8 Å². The van der Waals surface area contributed by atoms with Crippen molar-refractivity contribution in [3.05, 3.63) is 66.0 Å². The van der Waals surface area contributed by atoms with Crippen LogP contribution in [0.3, 0.4) is 0 Å². The lowest BCUT2D eigenvalue weighted by atomic mass is 10.1. The van der Waals surface area contributed by atoms with Gasteiger partial charge in [0.2, 0.25) is 0 Å². The Kier molecular flexibility index (Phi) is 6.95. The minimum Gasteiger partial charge on any atom is -0.355 e. The van der Waals surface area contributed by atoms with Crippen LogP contribution in [0.15, 0.2) is 54.6 Å². The summed E-state index contributed by atoms with van der Waals surface area (Å²) in [6.07, 6.45) is -0.0909. The highest BCUT2D eigenvalue weighted by atomic mass is 19.4. The number of benzene rings is 2. The van der Waals surface area contributed by atoms with E-state index in [2.05, 4.69) is 25.7 Å². The van der Waals surface area contributed by atoms with Crippen molar-refractivity contribution >= 4 is 23.2 Å². The van der Waals surface area contributed by atoms with Crippen molar-refractivity contribution in [1.82, 2.24) is 10.2 Å². The Morgan fingerprint density at radius 1 is 0.824 bits per heavy atom. The molecule has 2 N–H and O–H groups in total. The molecular formula is C24H23F4N5O. The van der Waals surface area contributed by atoms with Crippen LogP contribution in [0.2, 0.25) is 0 Å². The van der Waals surface area contributed by atoms with Crippen LogP contribution in [0.4, 0.5) is 39.5 Å². The first-order chi connectivity index (χ1) is 16.3. The summed E-state index contributed by atoms with van der Waals surface area (Å²) in [5.41, 5.74) is 0.281. The van der Waals surface area contributed by atoms with Crippen molar-refractivity contribution < 1.29 is 22.4 Å². The number of alkyl halides is 3. The van der Waals surface area contributed by atoms with E-state index in [9.17, 15) is 22.4 Å². The molecule has 1 aromatic heterocycles. The first-order valence-electron chi connectivity index (χ1n) is 10.9. The Hall–Kier alpha value is -3.69. The Morgan fingerprint density at radius 2 is 1.47 bits per heavy atom. The predicted octanol–water partition coefficient (Wildman–Crippen LogP) is 6.33. The minimum absolute atomic E-state index is 0.178. The minimum atomic E-state index is -4.86. The van der Waals surface area contributed by atoms with E-state index < -0.39 is 23.6 Å². The fraction of sp³-hybridized carbons (Fsp3) is 0.292. The highest BCUT2D eigenvalue weighted by Crippen LogP contribution is 2.33. The summed E-state index contributed by atoms with van der Waals surface area (Å²) in [7, 11) is 0. The van der Waals surface area contributed by atoms with Crippen LogP contribution >= 0.6 is 0 Å². The molecule has 0 spiro atoms. The molecule has 0 unspecified atom stereocenters. The third kappa shape index (κ3) is 5.81. The van der Waals surface area contributed by atoms with E-state index in [1.807, 2.05) is 12.1 Å². The van der Waals surface area contributed by atoms with Crippen LogP contribution in [0, 0.1) is 5.82 Å². The van der Waals surface area contributed by atoms with Gasteiger partial charge < -0.3 is 15.5 Å². The van der Waals surface area contributed by atoms with Gasteiger partial charge in [-0.05, 0) is 55.3 Å². The van der Waals surface area contributed by atoms with E-state index in [1.54, 1.807) is 24.3 Å². The van der Waals surface area contributed by atoms with Crippen molar-refractivity contribution in [3.8, 4) is 11.3 Å². The molecule has 0 atom stereocenters. The second-order valence-corrected chi connectivity index (χ2v) is 8.03. The molecule has 1 aliphatic heterocycles. The third-order valence-electron chi connectivity index (χ3n) is 5.55. The lowest BCUT2D eigenvalue weighted by Crippen LogP contribution is -2.25. The SMILES string of the molecule is O=C(Nc1ccc(-c2ccc(N3CCCCCC3)nn2)cc1)Nc1ccc(F)c(C(F)(F)F)c1. The predicted molar refractivity (Wildman–Crippen MR) is 122 cm³/mol. The molecule has 2 aromatic carbocycles. The second kappa shape index (κ2) is 10.1. The van der Waals surface area contributed by atoms with Crippen molar-refractivity contribution in [1.29, 1.82) is 0 Å². The zero-order chi connectivity index (χ0) is 24.1. The molecule has 1 fully saturated rings. The Balaban J connectivity index is 1.38. The van der Waals surface area contributed by atoms with Crippen LogP contribution < -0.4 is 15.5 Å². The lowest BCUT2D eigenvalue weighted by Gasteiger charge is -2.20. The molecule has 0 radical (unpaired) electrons. The van der Waals surface area contributed by atoms with Crippen molar-refractivity contribution in [3.63, 3.8) is 0 Å². The number of carbonyl (C=O) groups excluding carboxylic acids is 1. The first kappa shape index (κ1) is 23.5. The van der Waals surface area contributed by atoms with Gasteiger partial charge in [0.15, 0.2) is 5.82 Å². The maximum atomic E-state index is 13.4. The molecule has 1 saturated heterocycles. The standard InChI is InChI=1S/C24H23F4N5O/c25-20-10-9-18(15-19(20)24(26,27)28)30-23(34)29-17-7-5-16(6-8-17)21-11-12-22(32-31-21)33-13-3-1-2-4-14-33/h5-12,15H,1-4,13-14H2,(H2,29,30,34). The molecular weight excluding hydrogens is 450 g/mol. The molecule has 3 aromatic rings. The van der Waals surface area contributed by atoms with Gasteiger partial charge in [0, 0.05) is 30.0 Å². The average molecular weight is 473 g/mol. The monoisotopic (exact) mass is 473 g/mol. The Morgan fingerprint density at radius 3 is 2.09 bits per heavy atom. The molecule has 4 rings (SSSR count). The molecule has 178 valence electrons. The first-order valence-corrected chi connectivity index (χ1v) is 10.9. The van der Waals surface area contributed by atoms with Gasteiger partial charge >= 0.3 is 12.2 Å². The Bertz CT molecular complexity index is 1130. The molecule has 2 amide bonds. The molecule has 1 aliphatic rings. The summed E-state index contributed by atoms with van der Waals surface area (Å²) in [6.45, 7) is 1.96. The van der Waals surface area contributed by atoms with E-state index in [0.717, 1.165) is 43.4 Å². The number of nitrogens with zero attached hydrogens (tertiary/aromatic N) is 3. The van der Waals surface area contributed by atoms with E-state index in [-0.39, 0.29) is 5.69 Å². The van der Waals surface area contributed by atoms with Gasteiger partial charge in [-0.1, -0.05) is 25.0 Å². The van der Waals surface area contributed by atoms with Crippen LogP contribution in [0.5, 0.6) is 0 Å². The third-order valence-corrected chi connectivity index (χ3v) is 5.55. The number of halogens is 4. The van der Waals surface area contributed by atoms with Crippen LogP contribution in [0.25, 0.3) is 11.3 Å². The summed E-state index contributed by atoms with van der Waals surface area (Å²) in [5.74, 6) is -0.549. The molecule has 0 bridgehead atoms. The average Bonchev–Trinajstić information content (AvgIpc) is 3.10. The number of rotatable bonds is 4. The van der Waals surface area contributed by atoms with E-state index in [0.29, 0.717) is 23.5 Å². The maximum absolute atomic E-state index is 13.4. The van der Waals surface area contributed by atoms with Gasteiger partial charge in [0.1, 0.15) is 5.82 Å². The number of anilines is 3. The summed E-state index contributed by atoms with van der Waals surface area (Å²) in [5, 5.41) is 13.5. The van der Waals surface area contributed by atoms with Crippen LogP contribution in [-0.2, 0) is 6.18 Å². The number of aromatic nitrogens is 2. The fourth-order valence-electron chi connectivity index (χ4n) is 3.79. The molecule has 2 heterocycles. The highest BCUT2D eigenvalue weighted by molar-refractivity contribution is 5.99. The maximum Gasteiger partial charge on any atom is 0.419 e. The Labute approximate surface area is 194 Å². The molecule has 6 nitrogen and oxygen atoms in total. The van der Waals surface area contributed by atoms with E-state index >= 15 is 0 Å². The number of hydrogen-bond acceptors (Lipinski definition) is 4. The fourth-order valence-corrected chi connectivity index (χ4v) is 3.79. The van der Waals surface area contributed by atoms with Gasteiger partial charge in [0.05, 0.1) is 11.3 Å². The summed E-state index contributed by atoms with van der Waals surface area (Å²) < 4.78 is 51.9. The molecule has 34 heavy (non-hydrogen) atoms.